The second-order valence-corrected chi connectivity index (χ2v) is 7.36. The summed E-state index contributed by atoms with van der Waals surface area (Å²) in [6, 6.07) is -0.591. The Bertz CT molecular complexity index is 535. The SMILES string of the molecule is CC(=O)OCCN1C(=O)N(CC(S)(S)OC(C)=O)C(C)(C)C1=O. The number of carbonyl (C=O) groups is 4. The van der Waals surface area contributed by atoms with Crippen LogP contribution in [0.25, 0.3) is 0 Å². The predicted octanol–water partition coefficient (Wildman–Crippen LogP) is 0.669. The molecule has 0 bridgehead atoms. The van der Waals surface area contributed by atoms with E-state index in [9.17, 15) is 19.2 Å². The van der Waals surface area contributed by atoms with Crippen LogP contribution in [0.2, 0.25) is 0 Å². The molecule has 1 fully saturated rings. The molecule has 130 valence electrons. The first kappa shape index (κ1) is 19.6. The normalized spacial score (nSPS) is 17.5. The number of hydrogen-bond donors (Lipinski definition) is 2. The van der Waals surface area contributed by atoms with Crippen molar-refractivity contribution in [3.8, 4) is 0 Å². The highest BCUT2D eigenvalue weighted by Crippen LogP contribution is 2.33. The van der Waals surface area contributed by atoms with Crippen molar-refractivity contribution in [1.29, 1.82) is 0 Å². The largest absolute Gasteiger partial charge is 0.464 e. The van der Waals surface area contributed by atoms with Gasteiger partial charge in [-0.3, -0.25) is 19.3 Å². The summed E-state index contributed by atoms with van der Waals surface area (Å²) in [5.74, 6) is -1.56. The summed E-state index contributed by atoms with van der Waals surface area (Å²) in [5, 5.41) is 0. The van der Waals surface area contributed by atoms with Gasteiger partial charge in [0.25, 0.3) is 5.91 Å². The zero-order chi connectivity index (χ0) is 18.0. The first-order valence-corrected chi connectivity index (χ1v) is 7.69. The molecule has 1 rings (SSSR count). The molecule has 0 radical (unpaired) electrons. The van der Waals surface area contributed by atoms with E-state index in [0.717, 1.165) is 4.90 Å². The molecule has 8 nitrogen and oxygen atoms in total. The van der Waals surface area contributed by atoms with E-state index in [1.807, 2.05) is 0 Å². The molecule has 0 atom stereocenters. The van der Waals surface area contributed by atoms with Gasteiger partial charge in [0.15, 0.2) is 0 Å². The summed E-state index contributed by atoms with van der Waals surface area (Å²) in [6.07, 6.45) is 0. The fraction of sp³-hybridized carbons (Fsp3) is 0.692. The van der Waals surface area contributed by atoms with Crippen LogP contribution in [0, 0.1) is 0 Å². The summed E-state index contributed by atoms with van der Waals surface area (Å²) in [4.78, 5) is 48.9. The maximum atomic E-state index is 12.5. The summed E-state index contributed by atoms with van der Waals surface area (Å²) in [6.45, 7) is 5.20. The van der Waals surface area contributed by atoms with Crippen LogP contribution in [0.3, 0.4) is 0 Å². The van der Waals surface area contributed by atoms with E-state index in [1.165, 1.54) is 18.7 Å². The average molecular weight is 364 g/mol. The minimum atomic E-state index is -1.54. The quantitative estimate of drug-likeness (QED) is 0.311. The van der Waals surface area contributed by atoms with Crippen molar-refractivity contribution in [1.82, 2.24) is 9.80 Å². The molecule has 1 saturated heterocycles. The molecular formula is C13H20N2O6S2. The van der Waals surface area contributed by atoms with Gasteiger partial charge in [-0.25, -0.2) is 4.79 Å². The van der Waals surface area contributed by atoms with E-state index in [-0.39, 0.29) is 19.7 Å². The van der Waals surface area contributed by atoms with Crippen molar-refractivity contribution >= 4 is 49.1 Å². The Balaban J connectivity index is 2.88. The fourth-order valence-electron chi connectivity index (χ4n) is 2.13. The third-order valence-corrected chi connectivity index (χ3v) is 3.66. The zero-order valence-corrected chi connectivity index (χ0v) is 15.1. The van der Waals surface area contributed by atoms with Crippen molar-refractivity contribution in [2.45, 2.75) is 37.5 Å². The topological polar surface area (TPSA) is 93.2 Å². The lowest BCUT2D eigenvalue weighted by Gasteiger charge is -2.33. The van der Waals surface area contributed by atoms with Crippen LogP contribution in [-0.4, -0.2) is 63.2 Å². The van der Waals surface area contributed by atoms with Crippen LogP contribution in [-0.2, 0) is 23.9 Å². The molecule has 0 aromatic rings. The minimum absolute atomic E-state index is 0.0586. The first-order valence-electron chi connectivity index (χ1n) is 6.80. The number of rotatable bonds is 6. The van der Waals surface area contributed by atoms with Gasteiger partial charge >= 0.3 is 18.0 Å². The molecule has 0 saturated carbocycles. The molecule has 1 aliphatic rings. The van der Waals surface area contributed by atoms with E-state index in [4.69, 9.17) is 9.47 Å². The van der Waals surface area contributed by atoms with Gasteiger partial charge in [0.05, 0.1) is 13.1 Å². The molecule has 0 aromatic carbocycles. The Kier molecular flexibility index (Phi) is 5.97. The van der Waals surface area contributed by atoms with Crippen molar-refractivity contribution in [3.63, 3.8) is 0 Å². The zero-order valence-electron chi connectivity index (χ0n) is 13.4. The van der Waals surface area contributed by atoms with Gasteiger partial charge in [-0.2, -0.15) is 0 Å². The number of hydrogen-bond acceptors (Lipinski definition) is 8. The molecule has 10 heteroatoms. The van der Waals surface area contributed by atoms with Crippen molar-refractivity contribution in [2.24, 2.45) is 0 Å². The van der Waals surface area contributed by atoms with E-state index < -0.39 is 33.7 Å². The molecule has 0 aromatic heterocycles. The maximum absolute atomic E-state index is 12.5. The highest BCUT2D eigenvalue weighted by Gasteiger charge is 2.53. The van der Waals surface area contributed by atoms with Gasteiger partial charge in [-0.05, 0) is 13.8 Å². The van der Waals surface area contributed by atoms with Gasteiger partial charge in [0.2, 0.25) is 4.27 Å². The Morgan fingerprint density at radius 1 is 1.17 bits per heavy atom. The number of carbonyl (C=O) groups excluding carboxylic acids is 4. The van der Waals surface area contributed by atoms with Crippen molar-refractivity contribution < 1.29 is 28.7 Å². The number of imide groups is 1. The highest BCUT2D eigenvalue weighted by molar-refractivity contribution is 8.00. The second kappa shape index (κ2) is 7.00. The molecule has 23 heavy (non-hydrogen) atoms. The average Bonchev–Trinajstić information content (AvgIpc) is 2.50. The Labute approximate surface area is 145 Å². The number of ether oxygens (including phenoxy) is 2. The lowest BCUT2D eigenvalue weighted by atomic mass is 10.0. The van der Waals surface area contributed by atoms with Crippen LogP contribution < -0.4 is 0 Å². The van der Waals surface area contributed by atoms with Gasteiger partial charge in [0, 0.05) is 13.8 Å². The van der Waals surface area contributed by atoms with E-state index in [2.05, 4.69) is 25.3 Å². The molecule has 0 spiro atoms. The molecule has 0 aliphatic carbocycles. The van der Waals surface area contributed by atoms with Crippen LogP contribution >= 0.6 is 25.3 Å². The van der Waals surface area contributed by atoms with Crippen LogP contribution in [0.15, 0.2) is 0 Å². The minimum Gasteiger partial charge on any atom is -0.464 e. The molecular weight excluding hydrogens is 344 g/mol. The summed E-state index contributed by atoms with van der Waals surface area (Å²) >= 11 is 8.21. The van der Waals surface area contributed by atoms with E-state index in [0.29, 0.717) is 0 Å². The molecule has 3 amide bonds. The van der Waals surface area contributed by atoms with Gasteiger partial charge < -0.3 is 14.4 Å². The highest BCUT2D eigenvalue weighted by atomic mass is 32.2. The summed E-state index contributed by atoms with van der Waals surface area (Å²) in [7, 11) is 0. The Morgan fingerprint density at radius 3 is 2.22 bits per heavy atom. The lowest BCUT2D eigenvalue weighted by molar-refractivity contribution is -0.145. The van der Waals surface area contributed by atoms with Gasteiger partial charge in [-0.15, -0.1) is 25.3 Å². The number of amides is 3. The lowest BCUT2D eigenvalue weighted by Crippen LogP contribution is -2.49. The van der Waals surface area contributed by atoms with Crippen molar-refractivity contribution in [2.75, 3.05) is 19.7 Å². The third-order valence-electron chi connectivity index (χ3n) is 3.20. The summed E-state index contributed by atoms with van der Waals surface area (Å²) in [5.41, 5.74) is -1.16. The number of urea groups is 1. The van der Waals surface area contributed by atoms with Gasteiger partial charge in [0.1, 0.15) is 12.1 Å². The van der Waals surface area contributed by atoms with E-state index in [1.54, 1.807) is 13.8 Å². The van der Waals surface area contributed by atoms with Crippen LogP contribution in [0.1, 0.15) is 27.7 Å². The molecule has 0 N–H and O–H groups in total. The molecule has 0 unspecified atom stereocenters. The standard InChI is InChI=1S/C13H20N2O6S2/c1-8(16)20-6-5-14-10(18)12(3,4)15(11(14)19)7-13(22,23)21-9(2)17/h22-23H,5-7H2,1-4H3. The van der Waals surface area contributed by atoms with Crippen LogP contribution in [0.5, 0.6) is 0 Å². The Hall–Kier alpha value is -1.42. The van der Waals surface area contributed by atoms with Gasteiger partial charge in [-0.1, -0.05) is 0 Å². The number of thiol groups is 2. The first-order chi connectivity index (χ1) is 10.4. The summed E-state index contributed by atoms with van der Waals surface area (Å²) < 4.78 is 8.14. The van der Waals surface area contributed by atoms with E-state index >= 15 is 0 Å². The Morgan fingerprint density at radius 2 is 1.74 bits per heavy atom. The molecule has 1 aliphatic heterocycles. The number of nitrogens with zero attached hydrogens (tertiary/aromatic N) is 2. The predicted molar refractivity (Wildman–Crippen MR) is 87.0 cm³/mol. The van der Waals surface area contributed by atoms with Crippen LogP contribution in [0.4, 0.5) is 4.79 Å². The third kappa shape index (κ3) is 4.77. The maximum Gasteiger partial charge on any atom is 0.327 e. The monoisotopic (exact) mass is 364 g/mol. The molecule has 1 heterocycles. The second-order valence-electron chi connectivity index (χ2n) is 5.56. The van der Waals surface area contributed by atoms with Crippen molar-refractivity contribution in [3.05, 3.63) is 0 Å². The fourth-order valence-corrected chi connectivity index (χ4v) is 2.67. The smallest absolute Gasteiger partial charge is 0.327 e. The number of esters is 2.